The lowest BCUT2D eigenvalue weighted by Gasteiger charge is -2.23. The molecular weight excluding hydrogens is 358 g/mol. The number of nitrogens with one attached hydrogen (secondary N) is 1. The lowest BCUT2D eigenvalue weighted by molar-refractivity contribution is 0.0917. The minimum Gasteiger partial charge on any atom is -0.348 e. The van der Waals surface area contributed by atoms with E-state index in [0.717, 1.165) is 63.0 Å². The van der Waals surface area contributed by atoms with Crippen LogP contribution >= 0.6 is 0 Å². The molecule has 1 heterocycles. The second-order valence-electron chi connectivity index (χ2n) is 8.25. The first-order chi connectivity index (χ1) is 13.5. The maximum absolute atomic E-state index is 13.7. The van der Waals surface area contributed by atoms with E-state index in [0.29, 0.717) is 17.8 Å². The monoisotopic (exact) mass is 386 g/mol. The van der Waals surface area contributed by atoms with Crippen LogP contribution in [0.25, 0.3) is 0 Å². The van der Waals surface area contributed by atoms with Gasteiger partial charge in [-0.25, -0.2) is 8.78 Å². The van der Waals surface area contributed by atoms with Crippen LogP contribution in [-0.2, 0) is 19.4 Å². The van der Waals surface area contributed by atoms with Crippen LogP contribution in [-0.4, -0.2) is 16.5 Å². The highest BCUT2D eigenvalue weighted by Gasteiger charge is 2.27. The predicted molar refractivity (Wildman–Crippen MR) is 106 cm³/mol. The van der Waals surface area contributed by atoms with Crippen LogP contribution in [0.15, 0.2) is 18.2 Å². The Morgan fingerprint density at radius 1 is 1.07 bits per heavy atom. The highest BCUT2D eigenvalue weighted by Crippen LogP contribution is 2.31. The van der Waals surface area contributed by atoms with Gasteiger partial charge in [-0.3, -0.25) is 4.79 Å². The molecule has 0 unspecified atom stereocenters. The largest absolute Gasteiger partial charge is 0.348 e. The molecule has 0 saturated heterocycles. The quantitative estimate of drug-likeness (QED) is 0.783. The number of carbonyl (C=O) groups excluding carboxylic acids is 1. The first kappa shape index (κ1) is 19.2. The van der Waals surface area contributed by atoms with Crippen molar-refractivity contribution < 1.29 is 13.6 Å². The van der Waals surface area contributed by atoms with E-state index in [1.165, 1.54) is 23.7 Å². The predicted octanol–water partition coefficient (Wildman–Crippen LogP) is 5.06. The van der Waals surface area contributed by atoms with Gasteiger partial charge in [-0.15, -0.1) is 0 Å². The van der Waals surface area contributed by atoms with Gasteiger partial charge in [-0.1, -0.05) is 25.3 Å². The summed E-state index contributed by atoms with van der Waals surface area (Å²) in [6, 6.07) is 4.24. The Hall–Kier alpha value is -2.17. The Balaban J connectivity index is 1.68. The van der Waals surface area contributed by atoms with Crippen LogP contribution in [0.3, 0.4) is 0 Å². The fraction of sp³-hybridized carbons (Fsp3) is 0.522. The van der Waals surface area contributed by atoms with Gasteiger partial charge >= 0.3 is 0 Å². The molecule has 28 heavy (non-hydrogen) atoms. The van der Waals surface area contributed by atoms with Gasteiger partial charge in [0.2, 0.25) is 0 Å². The fourth-order valence-electron chi connectivity index (χ4n) is 4.86. The normalized spacial score (nSPS) is 17.4. The lowest BCUT2D eigenvalue weighted by Crippen LogP contribution is -2.37. The summed E-state index contributed by atoms with van der Waals surface area (Å²) in [7, 11) is 0. The molecule has 2 aliphatic rings. The van der Waals surface area contributed by atoms with Gasteiger partial charge in [-0.2, -0.15) is 0 Å². The zero-order chi connectivity index (χ0) is 19.7. The maximum atomic E-state index is 13.7. The van der Waals surface area contributed by atoms with Crippen LogP contribution < -0.4 is 5.32 Å². The summed E-state index contributed by atoms with van der Waals surface area (Å²) >= 11 is 0. The summed E-state index contributed by atoms with van der Waals surface area (Å²) < 4.78 is 29.1. The number of aromatic nitrogens is 1. The van der Waals surface area contributed by atoms with Gasteiger partial charge in [0, 0.05) is 18.3 Å². The molecule has 2 aliphatic carbocycles. The average molecular weight is 386 g/mol. The molecule has 0 atom stereocenters. The van der Waals surface area contributed by atoms with E-state index in [4.69, 9.17) is 0 Å². The number of nitrogens with zero attached hydrogens (tertiary/aromatic N) is 1. The second kappa shape index (κ2) is 8.06. The molecule has 2 aromatic rings. The van der Waals surface area contributed by atoms with Crippen LogP contribution in [0.4, 0.5) is 8.78 Å². The van der Waals surface area contributed by atoms with E-state index in [1.54, 1.807) is 6.07 Å². The average Bonchev–Trinajstić information content (AvgIpc) is 2.98. The van der Waals surface area contributed by atoms with Crippen molar-refractivity contribution in [2.75, 3.05) is 0 Å². The highest BCUT2D eigenvalue weighted by molar-refractivity contribution is 5.95. The van der Waals surface area contributed by atoms with Gasteiger partial charge in [0.05, 0.1) is 0 Å². The van der Waals surface area contributed by atoms with Crippen molar-refractivity contribution in [1.82, 2.24) is 9.88 Å². The summed E-state index contributed by atoms with van der Waals surface area (Å²) in [6.45, 7) is 2.42. The number of hydrogen-bond acceptors (Lipinski definition) is 1. The van der Waals surface area contributed by atoms with Crippen molar-refractivity contribution in [3.8, 4) is 0 Å². The first-order valence-corrected chi connectivity index (χ1v) is 10.5. The smallest absolute Gasteiger partial charge is 0.268 e. The molecule has 1 aromatic carbocycles. The third-order valence-electron chi connectivity index (χ3n) is 6.32. The summed E-state index contributed by atoms with van der Waals surface area (Å²) in [5.74, 6) is -1.71. The lowest BCUT2D eigenvalue weighted by atomic mass is 9.94. The molecule has 1 fully saturated rings. The summed E-state index contributed by atoms with van der Waals surface area (Å²) in [5, 5.41) is 3.24. The number of halogens is 2. The maximum Gasteiger partial charge on any atom is 0.268 e. The number of fused-ring (bicyclic) bond motifs is 1. The number of amides is 1. The fourth-order valence-corrected chi connectivity index (χ4v) is 4.86. The van der Waals surface area contributed by atoms with Crippen molar-refractivity contribution >= 4 is 5.91 Å². The van der Waals surface area contributed by atoms with Crippen molar-refractivity contribution in [1.29, 1.82) is 0 Å². The van der Waals surface area contributed by atoms with E-state index in [9.17, 15) is 13.6 Å². The third kappa shape index (κ3) is 3.71. The molecule has 0 radical (unpaired) electrons. The van der Waals surface area contributed by atoms with E-state index < -0.39 is 11.6 Å². The first-order valence-electron chi connectivity index (χ1n) is 10.5. The standard InChI is InChI=1S/C23H28F2N2O/c1-15-18-9-5-6-10-21(18)27(14-16-11-12-19(24)20(25)13-16)22(15)23(28)26-17-7-3-2-4-8-17/h11-13,17H,2-10,14H2,1H3,(H,26,28). The van der Waals surface area contributed by atoms with Crippen molar-refractivity contribution in [2.24, 2.45) is 0 Å². The van der Waals surface area contributed by atoms with Crippen molar-refractivity contribution in [3.05, 3.63) is 57.9 Å². The number of benzene rings is 1. The third-order valence-corrected chi connectivity index (χ3v) is 6.32. The Kier molecular flexibility index (Phi) is 5.51. The van der Waals surface area contributed by atoms with Crippen LogP contribution in [0, 0.1) is 18.6 Å². The molecule has 0 aliphatic heterocycles. The van der Waals surface area contributed by atoms with Gasteiger partial charge in [0.25, 0.3) is 5.91 Å². The van der Waals surface area contributed by atoms with E-state index in [2.05, 4.69) is 9.88 Å². The SMILES string of the molecule is Cc1c2c(n(Cc3ccc(F)c(F)c3)c1C(=O)NC1CCCCC1)CCCC2. The van der Waals surface area contributed by atoms with E-state index in [1.807, 2.05) is 6.92 Å². The zero-order valence-corrected chi connectivity index (χ0v) is 16.5. The highest BCUT2D eigenvalue weighted by atomic mass is 19.2. The molecule has 1 aromatic heterocycles. The minimum absolute atomic E-state index is 0.0265. The van der Waals surface area contributed by atoms with Crippen LogP contribution in [0.2, 0.25) is 0 Å². The van der Waals surface area contributed by atoms with Crippen molar-refractivity contribution in [2.45, 2.75) is 77.3 Å². The Bertz CT molecular complexity index is 881. The van der Waals surface area contributed by atoms with Crippen LogP contribution in [0.1, 0.15) is 77.8 Å². The molecule has 4 rings (SSSR count). The molecular formula is C23H28F2N2O. The van der Waals surface area contributed by atoms with Crippen molar-refractivity contribution in [3.63, 3.8) is 0 Å². The Labute approximate surface area is 165 Å². The summed E-state index contributed by atoms with van der Waals surface area (Å²) in [6.07, 6.45) is 9.78. The Morgan fingerprint density at radius 3 is 2.57 bits per heavy atom. The molecule has 150 valence electrons. The number of hydrogen-bond donors (Lipinski definition) is 1. The molecule has 5 heteroatoms. The van der Waals surface area contributed by atoms with Gasteiger partial charge < -0.3 is 9.88 Å². The summed E-state index contributed by atoms with van der Waals surface area (Å²) in [4.78, 5) is 13.2. The zero-order valence-electron chi connectivity index (χ0n) is 16.5. The molecule has 0 spiro atoms. The summed E-state index contributed by atoms with van der Waals surface area (Å²) in [5.41, 5.74) is 4.87. The van der Waals surface area contributed by atoms with Gasteiger partial charge in [-0.05, 0) is 74.3 Å². The van der Waals surface area contributed by atoms with E-state index in [-0.39, 0.29) is 11.9 Å². The minimum atomic E-state index is -0.844. The Morgan fingerprint density at radius 2 is 1.82 bits per heavy atom. The number of carbonyl (C=O) groups is 1. The molecule has 1 amide bonds. The number of rotatable bonds is 4. The molecule has 0 bridgehead atoms. The molecule has 1 saturated carbocycles. The molecule has 3 nitrogen and oxygen atoms in total. The van der Waals surface area contributed by atoms with Gasteiger partial charge in [0.1, 0.15) is 5.69 Å². The van der Waals surface area contributed by atoms with E-state index >= 15 is 0 Å². The van der Waals surface area contributed by atoms with Gasteiger partial charge in [0.15, 0.2) is 11.6 Å². The second-order valence-corrected chi connectivity index (χ2v) is 8.25. The topological polar surface area (TPSA) is 34.0 Å². The van der Waals surface area contributed by atoms with Crippen LogP contribution in [0.5, 0.6) is 0 Å². The molecule has 1 N–H and O–H groups in total.